The summed E-state index contributed by atoms with van der Waals surface area (Å²) in [7, 11) is 1.65. The third-order valence-corrected chi connectivity index (χ3v) is 3.38. The van der Waals surface area contributed by atoms with E-state index in [-0.39, 0.29) is 0 Å². The van der Waals surface area contributed by atoms with E-state index in [1.165, 1.54) is 0 Å². The second kappa shape index (κ2) is 6.69. The van der Waals surface area contributed by atoms with Gasteiger partial charge in [0.15, 0.2) is 0 Å². The highest BCUT2D eigenvalue weighted by Crippen LogP contribution is 2.23. The molecule has 2 aromatic rings. The third-order valence-electron chi connectivity index (χ3n) is 2.83. The van der Waals surface area contributed by atoms with E-state index in [0.29, 0.717) is 17.4 Å². The van der Waals surface area contributed by atoms with Gasteiger partial charge in [-0.25, -0.2) is 0 Å². The molecule has 0 bridgehead atoms. The van der Waals surface area contributed by atoms with Gasteiger partial charge >= 0.3 is 0 Å². The Hall–Kier alpha value is -1.38. The highest BCUT2D eigenvalue weighted by Gasteiger charge is 2.03. The molecule has 0 fully saturated rings. The van der Waals surface area contributed by atoms with Crippen LogP contribution in [0.4, 0.5) is 5.69 Å². The van der Waals surface area contributed by atoms with Gasteiger partial charge in [-0.15, -0.1) is 11.6 Å². The lowest BCUT2D eigenvalue weighted by Crippen LogP contribution is -2.01. The van der Waals surface area contributed by atoms with Gasteiger partial charge in [0.05, 0.1) is 7.11 Å². The van der Waals surface area contributed by atoms with Crippen LogP contribution in [0.1, 0.15) is 11.1 Å². The molecule has 0 aliphatic rings. The van der Waals surface area contributed by atoms with E-state index < -0.39 is 0 Å². The van der Waals surface area contributed by atoms with Gasteiger partial charge in [-0.3, -0.25) is 0 Å². The molecule has 0 radical (unpaired) electrons. The number of alkyl halides is 1. The molecule has 0 saturated carbocycles. The number of anilines is 1. The molecule has 0 aromatic heterocycles. The van der Waals surface area contributed by atoms with Crippen molar-refractivity contribution in [3.8, 4) is 5.75 Å². The van der Waals surface area contributed by atoms with Crippen molar-refractivity contribution in [3.63, 3.8) is 0 Å². The molecule has 0 amide bonds. The van der Waals surface area contributed by atoms with Crippen molar-refractivity contribution in [2.45, 2.75) is 12.4 Å². The molecule has 2 rings (SSSR count). The average molecular weight is 296 g/mol. The van der Waals surface area contributed by atoms with Gasteiger partial charge in [0.1, 0.15) is 5.75 Å². The van der Waals surface area contributed by atoms with Crippen molar-refractivity contribution >= 4 is 28.9 Å². The van der Waals surface area contributed by atoms with Crippen LogP contribution in [0.5, 0.6) is 5.75 Å². The van der Waals surface area contributed by atoms with Crippen LogP contribution in [0, 0.1) is 0 Å². The lowest BCUT2D eigenvalue weighted by molar-refractivity contribution is 0.410. The summed E-state index contributed by atoms with van der Waals surface area (Å²) in [5.41, 5.74) is 3.17. The summed E-state index contributed by atoms with van der Waals surface area (Å²) in [5, 5.41) is 4.04. The van der Waals surface area contributed by atoms with Crippen molar-refractivity contribution in [1.82, 2.24) is 0 Å². The number of rotatable bonds is 5. The number of methoxy groups -OCH3 is 1. The van der Waals surface area contributed by atoms with Crippen LogP contribution in [0.2, 0.25) is 5.02 Å². The summed E-state index contributed by atoms with van der Waals surface area (Å²) < 4.78 is 5.31. The second-order valence-corrected chi connectivity index (χ2v) is 4.84. The molecular formula is C15H15Cl2NO. The summed E-state index contributed by atoms with van der Waals surface area (Å²) >= 11 is 11.8. The molecule has 0 saturated heterocycles. The smallest absolute Gasteiger partial charge is 0.123 e. The highest BCUT2D eigenvalue weighted by atomic mass is 35.5. The number of halogens is 2. The molecule has 0 spiro atoms. The normalized spacial score (nSPS) is 10.3. The van der Waals surface area contributed by atoms with Gasteiger partial charge in [-0.1, -0.05) is 23.7 Å². The monoisotopic (exact) mass is 295 g/mol. The van der Waals surface area contributed by atoms with E-state index >= 15 is 0 Å². The van der Waals surface area contributed by atoms with Crippen LogP contribution in [0.25, 0.3) is 0 Å². The maximum Gasteiger partial charge on any atom is 0.123 e. The second-order valence-electron chi connectivity index (χ2n) is 4.14. The van der Waals surface area contributed by atoms with E-state index in [2.05, 4.69) is 5.32 Å². The molecule has 0 heterocycles. The van der Waals surface area contributed by atoms with Crippen LogP contribution in [0.3, 0.4) is 0 Å². The first-order valence-electron chi connectivity index (χ1n) is 5.94. The van der Waals surface area contributed by atoms with Gasteiger partial charge in [-0.2, -0.15) is 0 Å². The lowest BCUT2D eigenvalue weighted by atomic mass is 10.2. The topological polar surface area (TPSA) is 21.3 Å². The Balaban J connectivity index is 2.07. The first kappa shape index (κ1) is 14.0. The van der Waals surface area contributed by atoms with Crippen molar-refractivity contribution in [1.29, 1.82) is 0 Å². The average Bonchev–Trinajstić information content (AvgIpc) is 2.46. The maximum absolute atomic E-state index is 6.00. The minimum Gasteiger partial charge on any atom is -0.496 e. The molecule has 0 aliphatic carbocycles. The molecule has 1 N–H and O–H groups in total. The van der Waals surface area contributed by atoms with Crippen molar-refractivity contribution in [3.05, 3.63) is 58.6 Å². The zero-order chi connectivity index (χ0) is 13.7. The molecule has 0 atom stereocenters. The fourth-order valence-electron chi connectivity index (χ4n) is 1.79. The van der Waals surface area contributed by atoms with Crippen molar-refractivity contribution < 1.29 is 4.74 Å². The standard InChI is InChI=1S/C15H15Cl2NO/c1-19-15-7-4-13(17)8-12(15)10-18-14-5-2-11(9-16)3-6-14/h2-8,18H,9-10H2,1H3. The summed E-state index contributed by atoms with van der Waals surface area (Å²) in [6, 6.07) is 13.6. The van der Waals surface area contributed by atoms with Crippen LogP contribution < -0.4 is 10.1 Å². The molecule has 4 heteroatoms. The summed E-state index contributed by atoms with van der Waals surface area (Å²) in [5.74, 6) is 1.36. The number of ether oxygens (including phenoxy) is 1. The number of hydrogen-bond acceptors (Lipinski definition) is 2. The van der Waals surface area contributed by atoms with Crippen LogP contribution in [-0.2, 0) is 12.4 Å². The predicted octanol–water partition coefficient (Wildman–Crippen LogP) is 4.70. The zero-order valence-electron chi connectivity index (χ0n) is 10.6. The minimum absolute atomic E-state index is 0.530. The van der Waals surface area contributed by atoms with E-state index in [1.807, 2.05) is 42.5 Å². The highest BCUT2D eigenvalue weighted by molar-refractivity contribution is 6.30. The lowest BCUT2D eigenvalue weighted by Gasteiger charge is -2.11. The first-order valence-corrected chi connectivity index (χ1v) is 6.85. The zero-order valence-corrected chi connectivity index (χ0v) is 12.1. The van der Waals surface area contributed by atoms with Gasteiger partial charge in [0.2, 0.25) is 0 Å². The Bertz CT molecular complexity index is 540. The molecule has 2 aromatic carbocycles. The molecule has 0 aliphatic heterocycles. The summed E-state index contributed by atoms with van der Waals surface area (Å²) in [6.45, 7) is 0.657. The Morgan fingerprint density at radius 3 is 2.47 bits per heavy atom. The maximum atomic E-state index is 6.00. The fourth-order valence-corrected chi connectivity index (χ4v) is 2.17. The van der Waals surface area contributed by atoms with E-state index in [4.69, 9.17) is 27.9 Å². The Labute approximate surface area is 123 Å². The SMILES string of the molecule is COc1ccc(Cl)cc1CNc1ccc(CCl)cc1. The van der Waals surface area contributed by atoms with Crippen molar-refractivity contribution in [2.24, 2.45) is 0 Å². The number of benzene rings is 2. The van der Waals surface area contributed by atoms with Crippen LogP contribution in [0.15, 0.2) is 42.5 Å². The summed E-state index contributed by atoms with van der Waals surface area (Å²) in [4.78, 5) is 0. The van der Waals surface area contributed by atoms with E-state index in [1.54, 1.807) is 7.11 Å². The summed E-state index contributed by atoms with van der Waals surface area (Å²) in [6.07, 6.45) is 0. The van der Waals surface area contributed by atoms with Gasteiger partial charge < -0.3 is 10.1 Å². The Morgan fingerprint density at radius 1 is 1.11 bits per heavy atom. The van der Waals surface area contributed by atoms with Crippen molar-refractivity contribution in [2.75, 3.05) is 12.4 Å². The predicted molar refractivity (Wildman–Crippen MR) is 81.3 cm³/mol. The van der Waals surface area contributed by atoms with Crippen LogP contribution in [-0.4, -0.2) is 7.11 Å². The fraction of sp³-hybridized carbons (Fsp3) is 0.200. The Kier molecular flexibility index (Phi) is 4.94. The van der Waals surface area contributed by atoms with Crippen LogP contribution >= 0.6 is 23.2 Å². The largest absolute Gasteiger partial charge is 0.496 e. The molecule has 0 unspecified atom stereocenters. The minimum atomic E-state index is 0.530. The number of hydrogen-bond donors (Lipinski definition) is 1. The Morgan fingerprint density at radius 2 is 1.84 bits per heavy atom. The van der Waals surface area contributed by atoms with Gasteiger partial charge in [0.25, 0.3) is 0 Å². The quantitative estimate of drug-likeness (QED) is 0.807. The molecular weight excluding hydrogens is 281 g/mol. The van der Waals surface area contributed by atoms with Gasteiger partial charge in [-0.05, 0) is 35.9 Å². The molecule has 2 nitrogen and oxygen atoms in total. The van der Waals surface area contributed by atoms with E-state index in [9.17, 15) is 0 Å². The first-order chi connectivity index (χ1) is 9.22. The van der Waals surface area contributed by atoms with E-state index in [0.717, 1.165) is 22.6 Å². The molecule has 19 heavy (non-hydrogen) atoms. The third kappa shape index (κ3) is 3.79. The van der Waals surface area contributed by atoms with Gasteiger partial charge in [0, 0.05) is 28.7 Å². The number of nitrogens with one attached hydrogen (secondary N) is 1. The molecule has 100 valence electrons.